The van der Waals surface area contributed by atoms with Crippen LogP contribution in [0.2, 0.25) is 10.0 Å². The lowest BCUT2D eigenvalue weighted by atomic mass is 10.0. The first-order valence-electron chi connectivity index (χ1n) is 9.63. The lowest BCUT2D eigenvalue weighted by Crippen LogP contribution is -2.28. The number of rotatable bonds is 8. The van der Waals surface area contributed by atoms with Crippen LogP contribution in [0.3, 0.4) is 0 Å². The number of aliphatic hydroxyl groups excluding tert-OH is 1. The summed E-state index contributed by atoms with van der Waals surface area (Å²) in [4.78, 5) is 12.3. The topological polar surface area (TPSA) is 58.6 Å². The number of nitrogens with one attached hydrogen (secondary N) is 1. The average molecular weight is 444 g/mol. The molecule has 0 bridgehead atoms. The van der Waals surface area contributed by atoms with Crippen LogP contribution >= 0.6 is 23.2 Å². The van der Waals surface area contributed by atoms with Crippen molar-refractivity contribution in [2.75, 3.05) is 6.54 Å². The lowest BCUT2D eigenvalue weighted by molar-refractivity contribution is -0.117. The lowest BCUT2D eigenvalue weighted by Gasteiger charge is -2.19. The third-order valence-corrected chi connectivity index (χ3v) is 5.17. The quantitative estimate of drug-likeness (QED) is 0.521. The predicted octanol–water partition coefficient (Wildman–Crippen LogP) is 5.60. The predicted molar refractivity (Wildman–Crippen MR) is 121 cm³/mol. The average Bonchev–Trinajstić information content (AvgIpc) is 2.71. The Hall–Kier alpha value is -2.69. The van der Waals surface area contributed by atoms with E-state index in [9.17, 15) is 9.90 Å². The molecule has 0 saturated carbocycles. The molecule has 1 atom stereocenters. The van der Waals surface area contributed by atoms with Gasteiger partial charge in [0, 0.05) is 30.0 Å². The Bertz CT molecular complexity index is 980. The van der Waals surface area contributed by atoms with Gasteiger partial charge in [0.25, 0.3) is 5.91 Å². The molecule has 1 amide bonds. The third-order valence-electron chi connectivity index (χ3n) is 4.62. The van der Waals surface area contributed by atoms with Gasteiger partial charge in [-0.25, -0.2) is 0 Å². The molecule has 0 fully saturated rings. The molecule has 1 aliphatic carbocycles. The molecule has 3 rings (SSSR count). The highest BCUT2D eigenvalue weighted by Gasteiger charge is 2.16. The number of hydrogen-bond acceptors (Lipinski definition) is 3. The van der Waals surface area contributed by atoms with E-state index in [1.165, 1.54) is 0 Å². The van der Waals surface area contributed by atoms with E-state index in [4.69, 9.17) is 27.9 Å². The number of halogens is 2. The van der Waals surface area contributed by atoms with Gasteiger partial charge in [-0.2, -0.15) is 0 Å². The number of hydrogen-bond donors (Lipinski definition) is 2. The van der Waals surface area contributed by atoms with E-state index >= 15 is 0 Å². The summed E-state index contributed by atoms with van der Waals surface area (Å²) in [7, 11) is 0. The Morgan fingerprint density at radius 1 is 1.17 bits per heavy atom. The standard InChI is InChI=1S/C24H23Cl2NO3/c1-16(28)14-18-4-11-23(22(26)15-18)30-21-9-5-19(6-10-21)24(29)27-13-12-17-2-7-20(25)8-3-17/h2-9,11,15,21,28H,1,10,12-14H2,(H,27,29). The van der Waals surface area contributed by atoms with Gasteiger partial charge in [-0.15, -0.1) is 0 Å². The highest BCUT2D eigenvalue weighted by atomic mass is 35.5. The molecule has 30 heavy (non-hydrogen) atoms. The molecule has 0 saturated heterocycles. The van der Waals surface area contributed by atoms with Crippen LogP contribution in [0.5, 0.6) is 5.75 Å². The van der Waals surface area contributed by atoms with Crippen LogP contribution in [0.15, 0.2) is 78.6 Å². The van der Waals surface area contributed by atoms with Gasteiger partial charge in [-0.05, 0) is 47.9 Å². The molecule has 2 aromatic rings. The highest BCUT2D eigenvalue weighted by Crippen LogP contribution is 2.28. The maximum absolute atomic E-state index is 12.3. The summed E-state index contributed by atoms with van der Waals surface area (Å²) in [5, 5.41) is 13.4. The number of carbonyl (C=O) groups excluding carboxylic acids is 1. The van der Waals surface area contributed by atoms with Gasteiger partial charge in [0.15, 0.2) is 0 Å². The van der Waals surface area contributed by atoms with Crippen LogP contribution in [0.25, 0.3) is 0 Å². The molecule has 2 aromatic carbocycles. The van der Waals surface area contributed by atoms with Crippen LogP contribution in [-0.2, 0) is 17.6 Å². The van der Waals surface area contributed by atoms with E-state index in [-0.39, 0.29) is 17.8 Å². The molecule has 1 aliphatic rings. The molecule has 0 heterocycles. The second kappa shape index (κ2) is 10.4. The maximum atomic E-state index is 12.3. The number of ether oxygens (including phenoxy) is 1. The fourth-order valence-electron chi connectivity index (χ4n) is 3.08. The van der Waals surface area contributed by atoms with Crippen molar-refractivity contribution in [1.82, 2.24) is 5.32 Å². The van der Waals surface area contributed by atoms with Gasteiger partial charge in [0.1, 0.15) is 11.9 Å². The second-order valence-electron chi connectivity index (χ2n) is 7.05. The molecule has 2 N–H and O–H groups in total. The number of carbonyl (C=O) groups is 1. The minimum atomic E-state index is -0.202. The molecule has 0 aromatic heterocycles. The van der Waals surface area contributed by atoms with Crippen LogP contribution in [0.1, 0.15) is 17.5 Å². The molecule has 1 unspecified atom stereocenters. The summed E-state index contributed by atoms with van der Waals surface area (Å²) in [6, 6.07) is 13.0. The maximum Gasteiger partial charge on any atom is 0.250 e. The number of allylic oxidation sites excluding steroid dienone is 1. The van der Waals surface area contributed by atoms with Crippen molar-refractivity contribution in [2.45, 2.75) is 25.4 Å². The zero-order chi connectivity index (χ0) is 21.5. The largest absolute Gasteiger partial charge is 0.513 e. The van der Waals surface area contributed by atoms with Crippen molar-refractivity contribution in [1.29, 1.82) is 0 Å². The Morgan fingerprint density at radius 2 is 1.90 bits per heavy atom. The van der Waals surface area contributed by atoms with Crippen LogP contribution in [0.4, 0.5) is 0 Å². The second-order valence-corrected chi connectivity index (χ2v) is 7.89. The summed E-state index contributed by atoms with van der Waals surface area (Å²) in [6.07, 6.45) is 6.94. The Kier molecular flexibility index (Phi) is 7.61. The number of aliphatic hydroxyl groups is 1. The van der Waals surface area contributed by atoms with Gasteiger partial charge < -0.3 is 15.2 Å². The summed E-state index contributed by atoms with van der Waals surface area (Å²) in [5.74, 6) is 0.534. The van der Waals surface area contributed by atoms with E-state index in [1.54, 1.807) is 18.2 Å². The minimum absolute atomic E-state index is 0.0825. The minimum Gasteiger partial charge on any atom is -0.513 e. The highest BCUT2D eigenvalue weighted by molar-refractivity contribution is 6.32. The van der Waals surface area contributed by atoms with Crippen LogP contribution in [0, 0.1) is 0 Å². The van der Waals surface area contributed by atoms with Crippen molar-refractivity contribution in [3.05, 3.63) is 99.8 Å². The van der Waals surface area contributed by atoms with Gasteiger partial charge >= 0.3 is 0 Å². The zero-order valence-electron chi connectivity index (χ0n) is 16.4. The van der Waals surface area contributed by atoms with Crippen LogP contribution < -0.4 is 10.1 Å². The van der Waals surface area contributed by atoms with Gasteiger partial charge in [0.2, 0.25) is 0 Å². The van der Waals surface area contributed by atoms with Gasteiger partial charge in [0.05, 0.1) is 10.8 Å². The summed E-state index contributed by atoms with van der Waals surface area (Å²) >= 11 is 12.2. The first-order valence-corrected chi connectivity index (χ1v) is 10.4. The summed E-state index contributed by atoms with van der Waals surface area (Å²) < 4.78 is 5.93. The zero-order valence-corrected chi connectivity index (χ0v) is 17.9. The molecule has 156 valence electrons. The normalized spacial score (nSPS) is 15.4. The van der Waals surface area contributed by atoms with E-state index < -0.39 is 0 Å². The molecule has 0 radical (unpaired) electrons. The van der Waals surface area contributed by atoms with Gasteiger partial charge in [-0.3, -0.25) is 4.79 Å². The summed E-state index contributed by atoms with van der Waals surface area (Å²) in [6.45, 7) is 4.03. The molecule has 0 spiro atoms. The smallest absolute Gasteiger partial charge is 0.250 e. The monoisotopic (exact) mass is 443 g/mol. The van der Waals surface area contributed by atoms with E-state index in [1.807, 2.05) is 42.5 Å². The van der Waals surface area contributed by atoms with Crippen molar-refractivity contribution in [3.8, 4) is 5.75 Å². The van der Waals surface area contributed by atoms with Gasteiger partial charge in [-0.1, -0.05) is 60.1 Å². The van der Waals surface area contributed by atoms with E-state index in [0.717, 1.165) is 17.5 Å². The first-order chi connectivity index (χ1) is 14.4. The fourth-order valence-corrected chi connectivity index (χ4v) is 3.45. The Labute approximate surface area is 186 Å². The first kappa shape index (κ1) is 22.0. The summed E-state index contributed by atoms with van der Waals surface area (Å²) in [5.41, 5.74) is 2.60. The van der Waals surface area contributed by atoms with Crippen molar-refractivity contribution in [3.63, 3.8) is 0 Å². The van der Waals surface area contributed by atoms with Crippen molar-refractivity contribution in [2.24, 2.45) is 0 Å². The van der Waals surface area contributed by atoms with Crippen LogP contribution in [-0.4, -0.2) is 23.7 Å². The third kappa shape index (κ3) is 6.41. The molecule has 0 aliphatic heterocycles. The SMILES string of the molecule is C=C(O)Cc1ccc(OC2C=CC(C(=O)NCCc3ccc(Cl)cc3)=CC2)c(Cl)c1. The molecule has 4 nitrogen and oxygen atoms in total. The van der Waals surface area contributed by atoms with Crippen molar-refractivity contribution >= 4 is 29.1 Å². The fraction of sp³-hybridized carbons (Fsp3) is 0.208. The Balaban J connectivity index is 1.47. The van der Waals surface area contributed by atoms with Crippen molar-refractivity contribution < 1.29 is 14.6 Å². The Morgan fingerprint density at radius 3 is 2.53 bits per heavy atom. The molecule has 6 heteroatoms. The molecular formula is C24H23Cl2NO3. The number of amides is 1. The number of benzene rings is 2. The molecular weight excluding hydrogens is 421 g/mol. The van der Waals surface area contributed by atoms with E-state index in [0.29, 0.717) is 40.8 Å². The van der Waals surface area contributed by atoms with E-state index in [2.05, 4.69) is 11.9 Å².